The van der Waals surface area contributed by atoms with Gasteiger partial charge < -0.3 is 14.8 Å². The van der Waals surface area contributed by atoms with Crippen LogP contribution < -0.4 is 20.5 Å². The van der Waals surface area contributed by atoms with Crippen LogP contribution in [0.15, 0.2) is 29.3 Å². The molecule has 0 bridgehead atoms. The highest BCUT2D eigenvalue weighted by Crippen LogP contribution is 2.30. The SMILES string of the molecule is COc1nccnc1NC(=O)c1cc(F)c(-n2nc3n(c2=O)CCCC3)cc1OCC1CCCCC1. The van der Waals surface area contributed by atoms with Crippen LogP contribution in [0.3, 0.4) is 0 Å². The quantitative estimate of drug-likeness (QED) is 0.532. The van der Waals surface area contributed by atoms with E-state index in [4.69, 9.17) is 9.47 Å². The lowest BCUT2D eigenvalue weighted by molar-refractivity contribution is 0.101. The summed E-state index contributed by atoms with van der Waals surface area (Å²) >= 11 is 0. The molecule has 3 aromatic rings. The highest BCUT2D eigenvalue weighted by Gasteiger charge is 2.25. The number of methoxy groups -OCH3 is 1. The number of halogens is 1. The number of fused-ring (bicyclic) bond motifs is 1. The summed E-state index contributed by atoms with van der Waals surface area (Å²) in [7, 11) is 1.41. The van der Waals surface area contributed by atoms with Gasteiger partial charge in [-0.15, -0.1) is 5.10 Å². The Hall–Kier alpha value is -3.76. The van der Waals surface area contributed by atoms with Crippen molar-refractivity contribution < 1.29 is 18.7 Å². The molecule has 2 aliphatic rings. The fourth-order valence-corrected chi connectivity index (χ4v) is 4.86. The van der Waals surface area contributed by atoms with Crippen molar-refractivity contribution in [1.82, 2.24) is 24.3 Å². The van der Waals surface area contributed by atoms with E-state index in [1.807, 2.05) is 0 Å². The van der Waals surface area contributed by atoms with Crippen LogP contribution in [0, 0.1) is 11.7 Å². The molecule has 36 heavy (non-hydrogen) atoms. The normalized spacial score (nSPS) is 15.8. The standard InChI is InChI=1S/C25H29FN6O4/c1-35-24-22(27-10-11-28-24)29-23(33)17-13-18(26)19(14-20(17)36-15-16-7-3-2-4-8-16)32-25(34)31-12-6-5-9-21(31)30-32/h10-11,13-14,16H,2-9,12,15H2,1H3,(H,27,29,33). The van der Waals surface area contributed by atoms with Gasteiger partial charge in [0.1, 0.15) is 23.1 Å². The minimum atomic E-state index is -0.756. The predicted molar refractivity (Wildman–Crippen MR) is 129 cm³/mol. The highest BCUT2D eigenvalue weighted by atomic mass is 19.1. The Morgan fingerprint density at radius 1 is 1.14 bits per heavy atom. The molecule has 0 saturated heterocycles. The number of hydrogen-bond acceptors (Lipinski definition) is 7. The van der Waals surface area contributed by atoms with Crippen LogP contribution in [0.5, 0.6) is 11.6 Å². The van der Waals surface area contributed by atoms with Crippen LogP contribution in [-0.4, -0.2) is 43.9 Å². The average Bonchev–Trinajstić information content (AvgIpc) is 3.24. The van der Waals surface area contributed by atoms with Crippen molar-refractivity contribution in [1.29, 1.82) is 0 Å². The number of aryl methyl sites for hydroxylation is 1. The number of aromatic nitrogens is 5. The largest absolute Gasteiger partial charge is 0.492 e. The Morgan fingerprint density at radius 2 is 1.94 bits per heavy atom. The molecule has 0 spiro atoms. The second-order valence-electron chi connectivity index (χ2n) is 9.20. The second kappa shape index (κ2) is 10.5. The third-order valence-corrected chi connectivity index (χ3v) is 6.78. The maximum Gasteiger partial charge on any atom is 0.350 e. The molecule has 1 N–H and O–H groups in total. The molecule has 1 saturated carbocycles. The second-order valence-corrected chi connectivity index (χ2v) is 9.20. The minimum absolute atomic E-state index is 0.0169. The van der Waals surface area contributed by atoms with E-state index in [1.54, 1.807) is 4.57 Å². The van der Waals surface area contributed by atoms with Crippen molar-refractivity contribution in [2.45, 2.75) is 57.9 Å². The Balaban J connectivity index is 1.51. The van der Waals surface area contributed by atoms with Gasteiger partial charge in [-0.05, 0) is 37.7 Å². The average molecular weight is 497 g/mol. The number of rotatable bonds is 7. The van der Waals surface area contributed by atoms with Gasteiger partial charge >= 0.3 is 5.69 Å². The van der Waals surface area contributed by atoms with E-state index in [0.29, 0.717) is 31.3 Å². The first-order valence-electron chi connectivity index (χ1n) is 12.4. The molecule has 1 fully saturated rings. The van der Waals surface area contributed by atoms with E-state index < -0.39 is 17.4 Å². The van der Waals surface area contributed by atoms with Gasteiger partial charge in [0.2, 0.25) is 0 Å². The number of benzene rings is 1. The van der Waals surface area contributed by atoms with E-state index in [0.717, 1.165) is 49.3 Å². The highest BCUT2D eigenvalue weighted by molar-refractivity contribution is 6.06. The van der Waals surface area contributed by atoms with Gasteiger partial charge in [-0.3, -0.25) is 9.36 Å². The molecule has 11 heteroatoms. The summed E-state index contributed by atoms with van der Waals surface area (Å²) in [5.74, 6) is 0.00431. The molecule has 1 aromatic carbocycles. The lowest BCUT2D eigenvalue weighted by Crippen LogP contribution is -2.27. The number of nitrogens with one attached hydrogen (secondary N) is 1. The van der Waals surface area contributed by atoms with Crippen molar-refractivity contribution >= 4 is 11.7 Å². The van der Waals surface area contributed by atoms with Crippen LogP contribution >= 0.6 is 0 Å². The van der Waals surface area contributed by atoms with Crippen LogP contribution in [0.1, 0.15) is 61.1 Å². The summed E-state index contributed by atoms with van der Waals surface area (Å²) in [5.41, 5.74) is -0.464. The molecule has 0 radical (unpaired) electrons. The number of carbonyl (C=O) groups is 1. The third kappa shape index (κ3) is 4.82. The molecule has 0 unspecified atom stereocenters. The Morgan fingerprint density at radius 3 is 2.72 bits per heavy atom. The van der Waals surface area contributed by atoms with E-state index in [1.165, 1.54) is 32.0 Å². The number of carbonyl (C=O) groups excluding carboxylic acids is 1. The molecule has 1 aliphatic heterocycles. The summed E-state index contributed by atoms with van der Waals surface area (Å²) < 4.78 is 29.3. The first kappa shape index (κ1) is 24.0. The monoisotopic (exact) mass is 496 g/mol. The van der Waals surface area contributed by atoms with Crippen LogP contribution in [0.25, 0.3) is 5.69 Å². The Bertz CT molecular complexity index is 1310. The van der Waals surface area contributed by atoms with Gasteiger partial charge in [0.15, 0.2) is 5.82 Å². The zero-order chi connectivity index (χ0) is 25.1. The van der Waals surface area contributed by atoms with Crippen LogP contribution in [-0.2, 0) is 13.0 Å². The first-order valence-corrected chi connectivity index (χ1v) is 12.4. The van der Waals surface area contributed by atoms with Crippen molar-refractivity contribution in [2.24, 2.45) is 5.92 Å². The Labute approximate surface area is 207 Å². The smallest absolute Gasteiger partial charge is 0.350 e. The zero-order valence-corrected chi connectivity index (χ0v) is 20.2. The topological polar surface area (TPSA) is 113 Å². The van der Waals surface area contributed by atoms with Crippen molar-refractivity contribution in [3.05, 3.63) is 52.2 Å². The van der Waals surface area contributed by atoms with E-state index >= 15 is 4.39 Å². The molecule has 2 aromatic heterocycles. The number of nitrogens with zero attached hydrogens (tertiary/aromatic N) is 5. The zero-order valence-electron chi connectivity index (χ0n) is 20.2. The van der Waals surface area contributed by atoms with Crippen molar-refractivity contribution in [3.8, 4) is 17.3 Å². The van der Waals surface area contributed by atoms with Gasteiger partial charge in [-0.2, -0.15) is 4.68 Å². The fraction of sp³-hybridized carbons (Fsp3) is 0.480. The maximum atomic E-state index is 15.4. The molecular formula is C25H29FN6O4. The molecule has 10 nitrogen and oxygen atoms in total. The summed E-state index contributed by atoms with van der Waals surface area (Å²) in [6, 6.07) is 2.47. The molecule has 3 heterocycles. The summed E-state index contributed by atoms with van der Waals surface area (Å²) in [6.45, 7) is 0.954. The summed E-state index contributed by atoms with van der Waals surface area (Å²) in [4.78, 5) is 34.3. The number of anilines is 1. The van der Waals surface area contributed by atoms with Crippen LogP contribution in [0.2, 0.25) is 0 Å². The van der Waals surface area contributed by atoms with Crippen molar-refractivity contribution in [2.75, 3.05) is 19.0 Å². The van der Waals surface area contributed by atoms with E-state index in [9.17, 15) is 9.59 Å². The molecule has 5 rings (SSSR count). The van der Waals surface area contributed by atoms with Gasteiger partial charge in [-0.1, -0.05) is 19.3 Å². The molecule has 190 valence electrons. The number of ether oxygens (including phenoxy) is 2. The summed E-state index contributed by atoms with van der Waals surface area (Å²) in [5, 5.41) is 6.99. The van der Waals surface area contributed by atoms with E-state index in [-0.39, 0.29) is 28.7 Å². The van der Waals surface area contributed by atoms with Gasteiger partial charge in [0.05, 0.1) is 19.3 Å². The van der Waals surface area contributed by atoms with Gasteiger partial charge in [0.25, 0.3) is 11.8 Å². The minimum Gasteiger partial charge on any atom is -0.492 e. The Kier molecular flexibility index (Phi) is 6.97. The molecular weight excluding hydrogens is 467 g/mol. The third-order valence-electron chi connectivity index (χ3n) is 6.78. The van der Waals surface area contributed by atoms with E-state index in [2.05, 4.69) is 20.4 Å². The molecule has 1 aliphatic carbocycles. The van der Waals surface area contributed by atoms with Gasteiger partial charge in [-0.25, -0.2) is 19.2 Å². The first-order chi connectivity index (χ1) is 17.5. The van der Waals surface area contributed by atoms with Crippen LogP contribution in [0.4, 0.5) is 10.2 Å². The summed E-state index contributed by atoms with van der Waals surface area (Å²) in [6.07, 6.45) is 10.9. The lowest BCUT2D eigenvalue weighted by atomic mass is 9.90. The van der Waals surface area contributed by atoms with Crippen molar-refractivity contribution in [3.63, 3.8) is 0 Å². The van der Waals surface area contributed by atoms with Gasteiger partial charge in [0, 0.05) is 31.4 Å². The molecule has 1 amide bonds. The predicted octanol–water partition coefficient (Wildman–Crippen LogP) is 3.52. The lowest BCUT2D eigenvalue weighted by Gasteiger charge is -2.22. The number of amides is 1. The molecule has 0 atom stereocenters. The maximum absolute atomic E-state index is 15.4. The number of hydrogen-bond donors (Lipinski definition) is 1. The fourth-order valence-electron chi connectivity index (χ4n) is 4.86.